The Balaban J connectivity index is 1.40. The first-order valence-corrected chi connectivity index (χ1v) is 12.1. The molecule has 1 fully saturated rings. The average molecular weight is 518 g/mol. The summed E-state index contributed by atoms with van der Waals surface area (Å²) in [6.45, 7) is 5.45. The Hall–Kier alpha value is -4.45. The fourth-order valence-corrected chi connectivity index (χ4v) is 3.91. The molecular formula is C26H28FN9O2. The topological polar surface area (TPSA) is 148 Å². The van der Waals surface area contributed by atoms with Crippen molar-refractivity contribution in [2.45, 2.75) is 51.8 Å². The van der Waals surface area contributed by atoms with Gasteiger partial charge in [-0.1, -0.05) is 0 Å². The van der Waals surface area contributed by atoms with E-state index >= 15 is 0 Å². The van der Waals surface area contributed by atoms with Gasteiger partial charge in [-0.15, -0.1) is 5.10 Å². The Bertz CT molecular complexity index is 1580. The third-order valence-electron chi connectivity index (χ3n) is 6.03. The Morgan fingerprint density at radius 3 is 2.74 bits per heavy atom. The lowest BCUT2D eigenvalue weighted by atomic mass is 10.1. The molecule has 1 amide bonds. The fraction of sp³-hybridized carbons (Fsp3) is 0.308. The number of carbonyl (C=O) groups excluding carboxylic acids is 1. The van der Waals surface area contributed by atoms with Crippen molar-refractivity contribution in [2.75, 3.05) is 5.32 Å². The number of amidine groups is 1. The molecule has 1 saturated carbocycles. The standard InChI is InChI=1S/C26H28FN9O2/c1-15-8-21(27)19(24(28)33-34-32-18-4-5-18)10-22(15)31-25(37)20-12-30-36-7-6-16(9-23(20)36)17-11-29-35(13-17)14-26(2,3)38/h6-13,18,38H,4-5,14H2,1-3H3,(H,31,37)(H2,28,32,33). The summed E-state index contributed by atoms with van der Waals surface area (Å²) in [7, 11) is 0. The van der Waals surface area contributed by atoms with Crippen LogP contribution in [0.5, 0.6) is 0 Å². The van der Waals surface area contributed by atoms with E-state index in [4.69, 9.17) is 5.73 Å². The molecule has 0 atom stereocenters. The van der Waals surface area contributed by atoms with E-state index in [0.29, 0.717) is 28.9 Å². The van der Waals surface area contributed by atoms with E-state index < -0.39 is 17.3 Å². The molecule has 1 aromatic carbocycles. The zero-order valence-electron chi connectivity index (χ0n) is 21.3. The van der Waals surface area contributed by atoms with Gasteiger partial charge in [0.25, 0.3) is 5.91 Å². The van der Waals surface area contributed by atoms with Crippen LogP contribution in [0.25, 0.3) is 16.6 Å². The van der Waals surface area contributed by atoms with Crippen LogP contribution in [-0.2, 0) is 6.54 Å². The van der Waals surface area contributed by atoms with E-state index in [0.717, 1.165) is 24.0 Å². The lowest BCUT2D eigenvalue weighted by molar-refractivity contribution is 0.0577. The summed E-state index contributed by atoms with van der Waals surface area (Å²) in [6.07, 6.45) is 8.69. The lowest BCUT2D eigenvalue weighted by Gasteiger charge is -2.16. The lowest BCUT2D eigenvalue weighted by Crippen LogP contribution is -2.26. The number of hydrogen-bond donors (Lipinski definition) is 3. The minimum atomic E-state index is -0.903. The second kappa shape index (κ2) is 9.78. The van der Waals surface area contributed by atoms with Crippen LogP contribution in [0.15, 0.2) is 64.5 Å². The molecule has 12 heteroatoms. The number of aryl methyl sites for hydroxylation is 1. The zero-order valence-corrected chi connectivity index (χ0v) is 21.3. The largest absolute Gasteiger partial charge is 0.389 e. The molecule has 0 aliphatic heterocycles. The quantitative estimate of drug-likeness (QED) is 0.140. The summed E-state index contributed by atoms with van der Waals surface area (Å²) in [5.74, 6) is -1.12. The molecule has 0 unspecified atom stereocenters. The van der Waals surface area contributed by atoms with Gasteiger partial charge in [0.15, 0.2) is 5.84 Å². The predicted molar refractivity (Wildman–Crippen MR) is 140 cm³/mol. The summed E-state index contributed by atoms with van der Waals surface area (Å²) < 4.78 is 17.9. The van der Waals surface area contributed by atoms with E-state index in [1.165, 1.54) is 18.3 Å². The summed E-state index contributed by atoms with van der Waals surface area (Å²) in [6, 6.07) is 6.59. The number of carbonyl (C=O) groups is 1. The second-order valence-electron chi connectivity index (χ2n) is 10.1. The molecule has 4 aromatic rings. The first kappa shape index (κ1) is 25.2. The number of fused-ring (bicyclic) bond motifs is 1. The van der Waals surface area contributed by atoms with Gasteiger partial charge in [0.05, 0.1) is 47.2 Å². The maximum atomic E-state index is 14.6. The number of aromatic nitrogens is 4. The van der Waals surface area contributed by atoms with Crippen molar-refractivity contribution in [2.24, 2.45) is 21.2 Å². The molecule has 1 aliphatic rings. The highest BCUT2D eigenvalue weighted by Gasteiger charge is 2.21. The van der Waals surface area contributed by atoms with Gasteiger partial charge in [-0.3, -0.25) is 9.48 Å². The number of hydrogen-bond acceptors (Lipinski definition) is 6. The van der Waals surface area contributed by atoms with Crippen molar-refractivity contribution >= 4 is 22.9 Å². The van der Waals surface area contributed by atoms with Crippen LogP contribution in [-0.4, -0.2) is 47.9 Å². The van der Waals surface area contributed by atoms with Crippen molar-refractivity contribution in [3.8, 4) is 11.1 Å². The molecule has 4 N–H and O–H groups in total. The average Bonchev–Trinajstić information content (AvgIpc) is 3.39. The Morgan fingerprint density at radius 1 is 1.21 bits per heavy atom. The van der Waals surface area contributed by atoms with E-state index in [2.05, 4.69) is 31.0 Å². The third-order valence-corrected chi connectivity index (χ3v) is 6.03. The van der Waals surface area contributed by atoms with Crippen LogP contribution in [0.3, 0.4) is 0 Å². The third kappa shape index (κ3) is 5.59. The first-order chi connectivity index (χ1) is 18.1. The fourth-order valence-electron chi connectivity index (χ4n) is 3.91. The Morgan fingerprint density at radius 2 is 2.00 bits per heavy atom. The highest BCUT2D eigenvalue weighted by atomic mass is 19.1. The zero-order chi connectivity index (χ0) is 27.0. The molecule has 5 rings (SSSR count). The van der Waals surface area contributed by atoms with Gasteiger partial charge in [0, 0.05) is 23.6 Å². The van der Waals surface area contributed by atoms with Crippen LogP contribution in [0.2, 0.25) is 0 Å². The minimum Gasteiger partial charge on any atom is -0.389 e. The number of amides is 1. The maximum Gasteiger partial charge on any atom is 0.259 e. The summed E-state index contributed by atoms with van der Waals surface area (Å²) >= 11 is 0. The Kier molecular flexibility index (Phi) is 6.49. The number of pyridine rings is 1. The van der Waals surface area contributed by atoms with Crippen LogP contribution in [0.4, 0.5) is 10.1 Å². The molecule has 11 nitrogen and oxygen atoms in total. The first-order valence-electron chi connectivity index (χ1n) is 12.1. The predicted octanol–water partition coefficient (Wildman–Crippen LogP) is 3.90. The van der Waals surface area contributed by atoms with Gasteiger partial charge in [-0.25, -0.2) is 8.91 Å². The molecule has 1 aliphatic carbocycles. The smallest absolute Gasteiger partial charge is 0.259 e. The van der Waals surface area contributed by atoms with Crippen molar-refractivity contribution in [1.82, 2.24) is 19.4 Å². The monoisotopic (exact) mass is 517 g/mol. The van der Waals surface area contributed by atoms with Gasteiger partial charge in [-0.2, -0.15) is 15.3 Å². The SMILES string of the molecule is Cc1cc(F)c(/C(N)=N/N=NC2CC2)cc1NC(=O)c1cnn2ccc(-c3cnn(CC(C)(C)O)c3)cc12. The molecule has 0 radical (unpaired) electrons. The highest BCUT2D eigenvalue weighted by Crippen LogP contribution is 2.26. The number of nitrogens with two attached hydrogens (primary N) is 1. The molecule has 38 heavy (non-hydrogen) atoms. The number of nitrogens with zero attached hydrogens (tertiary/aromatic N) is 7. The number of aliphatic hydroxyl groups is 1. The molecule has 3 heterocycles. The number of benzene rings is 1. The molecule has 3 aromatic heterocycles. The minimum absolute atomic E-state index is 0.0193. The van der Waals surface area contributed by atoms with Gasteiger partial charge < -0.3 is 16.2 Å². The van der Waals surface area contributed by atoms with Crippen molar-refractivity contribution in [3.63, 3.8) is 0 Å². The van der Waals surface area contributed by atoms with Gasteiger partial charge in [-0.05, 0) is 74.2 Å². The number of halogens is 1. The van der Waals surface area contributed by atoms with Crippen LogP contribution in [0.1, 0.15) is 48.2 Å². The normalized spacial score (nSPS) is 14.5. The van der Waals surface area contributed by atoms with Gasteiger partial charge in [0.1, 0.15) is 5.82 Å². The number of anilines is 1. The van der Waals surface area contributed by atoms with Crippen molar-refractivity contribution in [1.29, 1.82) is 0 Å². The van der Waals surface area contributed by atoms with E-state index in [-0.39, 0.29) is 17.4 Å². The van der Waals surface area contributed by atoms with Crippen LogP contribution >= 0.6 is 0 Å². The Labute approximate surface area is 217 Å². The molecule has 0 saturated heterocycles. The molecular weight excluding hydrogens is 489 g/mol. The van der Waals surface area contributed by atoms with Gasteiger partial charge >= 0.3 is 0 Å². The number of nitrogens with one attached hydrogen (secondary N) is 1. The van der Waals surface area contributed by atoms with Gasteiger partial charge in [0.2, 0.25) is 0 Å². The van der Waals surface area contributed by atoms with E-state index in [1.54, 1.807) is 42.4 Å². The maximum absolute atomic E-state index is 14.6. The van der Waals surface area contributed by atoms with Crippen LogP contribution in [0, 0.1) is 12.7 Å². The van der Waals surface area contributed by atoms with Crippen molar-refractivity contribution in [3.05, 3.63) is 71.6 Å². The highest BCUT2D eigenvalue weighted by molar-refractivity contribution is 6.10. The van der Waals surface area contributed by atoms with Crippen molar-refractivity contribution < 1.29 is 14.3 Å². The van der Waals surface area contributed by atoms with E-state index in [1.807, 2.05) is 18.3 Å². The molecule has 0 bridgehead atoms. The summed E-state index contributed by atoms with van der Waals surface area (Å²) in [5.41, 5.74) is 8.53. The summed E-state index contributed by atoms with van der Waals surface area (Å²) in [5, 5.41) is 33.0. The number of rotatable bonds is 8. The second-order valence-corrected chi connectivity index (χ2v) is 10.1. The molecule has 0 spiro atoms. The summed E-state index contributed by atoms with van der Waals surface area (Å²) in [4.78, 5) is 13.3. The molecule has 196 valence electrons. The van der Waals surface area contributed by atoms with E-state index in [9.17, 15) is 14.3 Å². The van der Waals surface area contributed by atoms with Crippen LogP contribution < -0.4 is 11.1 Å².